The first kappa shape index (κ1) is 16.0. The van der Waals surface area contributed by atoms with E-state index in [1.54, 1.807) is 0 Å². The molecule has 106 valence electrons. The Bertz CT molecular complexity index is 275. The molecule has 18 heavy (non-hydrogen) atoms. The third-order valence-corrected chi connectivity index (χ3v) is 3.94. The molecule has 3 N–H and O–H groups in total. The van der Waals surface area contributed by atoms with E-state index in [-0.39, 0.29) is 24.0 Å². The molecule has 0 saturated heterocycles. The molecule has 2 saturated carbocycles. The Hall–Kier alpha value is -0.0400. The summed E-state index contributed by atoms with van der Waals surface area (Å²) in [7, 11) is 0. The second kappa shape index (κ2) is 7.53. The van der Waals surface area contributed by atoms with Crippen LogP contribution in [0, 0.1) is 5.92 Å². The molecule has 0 heterocycles. The maximum absolute atomic E-state index is 10.00. The van der Waals surface area contributed by atoms with E-state index in [0.717, 1.165) is 44.2 Å². The van der Waals surface area contributed by atoms with Crippen molar-refractivity contribution in [1.82, 2.24) is 10.6 Å². The highest BCUT2D eigenvalue weighted by molar-refractivity contribution is 14.0. The molecular weight excluding hydrogens is 341 g/mol. The van der Waals surface area contributed by atoms with Gasteiger partial charge in [0.1, 0.15) is 0 Å². The summed E-state index contributed by atoms with van der Waals surface area (Å²) in [5.41, 5.74) is -0.515. The Labute approximate surface area is 127 Å². The van der Waals surface area contributed by atoms with Gasteiger partial charge in [0, 0.05) is 13.1 Å². The minimum absolute atomic E-state index is 0. The van der Waals surface area contributed by atoms with Crippen LogP contribution >= 0.6 is 24.0 Å². The zero-order valence-corrected chi connectivity index (χ0v) is 13.6. The van der Waals surface area contributed by atoms with Gasteiger partial charge in [-0.25, -0.2) is 0 Å². The maximum Gasteiger partial charge on any atom is 0.191 e. The molecule has 0 radical (unpaired) electrons. The minimum Gasteiger partial charge on any atom is -0.388 e. The van der Waals surface area contributed by atoms with Crippen LogP contribution in [0.15, 0.2) is 4.99 Å². The molecule has 2 fully saturated rings. The second-order valence-corrected chi connectivity index (χ2v) is 5.45. The summed E-state index contributed by atoms with van der Waals surface area (Å²) in [5.74, 6) is 1.69. The third kappa shape index (κ3) is 4.57. The number of hydrogen-bond donors (Lipinski definition) is 3. The third-order valence-electron chi connectivity index (χ3n) is 3.94. The number of rotatable bonds is 5. The summed E-state index contributed by atoms with van der Waals surface area (Å²) < 4.78 is 0. The van der Waals surface area contributed by atoms with Crippen molar-refractivity contribution in [2.75, 3.05) is 19.6 Å². The Morgan fingerprint density at radius 1 is 1.28 bits per heavy atom. The van der Waals surface area contributed by atoms with E-state index in [1.807, 2.05) is 0 Å². The van der Waals surface area contributed by atoms with E-state index >= 15 is 0 Å². The normalized spacial score (nSPS) is 22.4. The highest BCUT2D eigenvalue weighted by Crippen LogP contribution is 2.31. The van der Waals surface area contributed by atoms with Gasteiger partial charge in [0.15, 0.2) is 5.96 Å². The molecule has 0 bridgehead atoms. The topological polar surface area (TPSA) is 56.7 Å². The van der Waals surface area contributed by atoms with Gasteiger partial charge >= 0.3 is 0 Å². The maximum atomic E-state index is 10.00. The van der Waals surface area contributed by atoms with Gasteiger partial charge in [-0.1, -0.05) is 6.42 Å². The first-order valence-corrected chi connectivity index (χ1v) is 6.96. The smallest absolute Gasteiger partial charge is 0.191 e. The number of nitrogens with zero attached hydrogens (tertiary/aromatic N) is 1. The number of halogens is 1. The van der Waals surface area contributed by atoms with E-state index < -0.39 is 5.60 Å². The van der Waals surface area contributed by atoms with Crippen molar-refractivity contribution in [3.8, 4) is 0 Å². The fourth-order valence-corrected chi connectivity index (χ4v) is 2.25. The van der Waals surface area contributed by atoms with E-state index in [0.29, 0.717) is 6.54 Å². The number of hydrogen-bond acceptors (Lipinski definition) is 2. The SMILES string of the molecule is CCNC(=NCC1(O)CCC1)NCC1CCC1.I. The van der Waals surface area contributed by atoms with Crippen molar-refractivity contribution in [3.63, 3.8) is 0 Å². The van der Waals surface area contributed by atoms with Crippen molar-refractivity contribution in [3.05, 3.63) is 0 Å². The Morgan fingerprint density at radius 3 is 2.44 bits per heavy atom. The lowest BCUT2D eigenvalue weighted by atomic mass is 9.80. The van der Waals surface area contributed by atoms with Crippen molar-refractivity contribution in [2.24, 2.45) is 10.9 Å². The van der Waals surface area contributed by atoms with Crippen LogP contribution in [0.5, 0.6) is 0 Å². The summed E-state index contributed by atoms with van der Waals surface area (Å²) in [6, 6.07) is 0. The van der Waals surface area contributed by atoms with Gasteiger partial charge in [-0.05, 0) is 44.9 Å². The molecule has 0 unspecified atom stereocenters. The summed E-state index contributed by atoms with van der Waals surface area (Å²) in [6.45, 7) is 4.49. The zero-order chi connectivity index (χ0) is 12.1. The van der Waals surface area contributed by atoms with Gasteiger partial charge in [-0.15, -0.1) is 24.0 Å². The van der Waals surface area contributed by atoms with Gasteiger partial charge in [0.25, 0.3) is 0 Å². The Kier molecular flexibility index (Phi) is 6.70. The van der Waals surface area contributed by atoms with Crippen molar-refractivity contribution in [2.45, 2.75) is 51.0 Å². The van der Waals surface area contributed by atoms with Crippen LogP contribution in [0.2, 0.25) is 0 Å². The molecule has 0 aromatic carbocycles. The minimum atomic E-state index is -0.515. The number of aliphatic hydroxyl groups is 1. The van der Waals surface area contributed by atoms with Crippen molar-refractivity contribution < 1.29 is 5.11 Å². The molecular formula is C13H26IN3O. The molecule has 2 aliphatic carbocycles. The Balaban J connectivity index is 0.00000162. The molecule has 2 rings (SSSR count). The standard InChI is InChI=1S/C13H25N3O.HI/c1-2-14-12(15-9-11-5-3-6-11)16-10-13(17)7-4-8-13;/h11,17H,2-10H2,1H3,(H2,14,15,16);1H. The van der Waals surface area contributed by atoms with Gasteiger partial charge in [0.2, 0.25) is 0 Å². The lowest BCUT2D eigenvalue weighted by Crippen LogP contribution is -2.44. The molecule has 0 aromatic rings. The summed E-state index contributed by atoms with van der Waals surface area (Å²) in [6.07, 6.45) is 7.00. The van der Waals surface area contributed by atoms with Crippen LogP contribution in [0.4, 0.5) is 0 Å². The average Bonchev–Trinajstić information content (AvgIpc) is 2.21. The highest BCUT2D eigenvalue weighted by Gasteiger charge is 2.34. The predicted molar refractivity (Wildman–Crippen MR) is 85.5 cm³/mol. The molecule has 0 aliphatic heterocycles. The fourth-order valence-electron chi connectivity index (χ4n) is 2.25. The molecule has 2 aliphatic rings. The molecule has 0 spiro atoms. The summed E-state index contributed by atoms with van der Waals surface area (Å²) >= 11 is 0. The summed E-state index contributed by atoms with van der Waals surface area (Å²) in [4.78, 5) is 4.48. The largest absolute Gasteiger partial charge is 0.388 e. The molecule has 0 atom stereocenters. The van der Waals surface area contributed by atoms with Crippen LogP contribution in [0.1, 0.15) is 45.4 Å². The summed E-state index contributed by atoms with van der Waals surface area (Å²) in [5, 5.41) is 16.6. The lowest BCUT2D eigenvalue weighted by molar-refractivity contribution is -0.0236. The quantitative estimate of drug-likeness (QED) is 0.395. The van der Waals surface area contributed by atoms with E-state index in [2.05, 4.69) is 22.5 Å². The van der Waals surface area contributed by atoms with E-state index in [1.165, 1.54) is 19.3 Å². The molecule has 0 aromatic heterocycles. The van der Waals surface area contributed by atoms with Crippen LogP contribution in [-0.2, 0) is 0 Å². The molecule has 5 heteroatoms. The zero-order valence-electron chi connectivity index (χ0n) is 11.2. The number of guanidine groups is 1. The van der Waals surface area contributed by atoms with Crippen LogP contribution in [-0.4, -0.2) is 36.3 Å². The van der Waals surface area contributed by atoms with E-state index in [4.69, 9.17) is 0 Å². The van der Waals surface area contributed by atoms with Gasteiger partial charge in [-0.2, -0.15) is 0 Å². The second-order valence-electron chi connectivity index (χ2n) is 5.45. The van der Waals surface area contributed by atoms with Crippen LogP contribution in [0.3, 0.4) is 0 Å². The van der Waals surface area contributed by atoms with Crippen LogP contribution in [0.25, 0.3) is 0 Å². The lowest BCUT2D eigenvalue weighted by Gasteiger charge is -2.35. The number of nitrogens with one attached hydrogen (secondary N) is 2. The Morgan fingerprint density at radius 2 is 2.00 bits per heavy atom. The fraction of sp³-hybridized carbons (Fsp3) is 0.923. The monoisotopic (exact) mass is 367 g/mol. The van der Waals surface area contributed by atoms with Crippen molar-refractivity contribution >= 4 is 29.9 Å². The van der Waals surface area contributed by atoms with E-state index in [9.17, 15) is 5.11 Å². The van der Waals surface area contributed by atoms with Gasteiger partial charge in [0.05, 0.1) is 12.1 Å². The van der Waals surface area contributed by atoms with Crippen molar-refractivity contribution in [1.29, 1.82) is 0 Å². The van der Waals surface area contributed by atoms with Crippen LogP contribution < -0.4 is 10.6 Å². The first-order chi connectivity index (χ1) is 8.22. The average molecular weight is 367 g/mol. The highest BCUT2D eigenvalue weighted by atomic mass is 127. The molecule has 0 amide bonds. The molecule has 4 nitrogen and oxygen atoms in total. The van der Waals surface area contributed by atoms with Gasteiger partial charge < -0.3 is 15.7 Å². The first-order valence-electron chi connectivity index (χ1n) is 6.96. The predicted octanol–water partition coefficient (Wildman–Crippen LogP) is 1.87. The van der Waals surface area contributed by atoms with Gasteiger partial charge in [-0.3, -0.25) is 4.99 Å². The number of aliphatic imine (C=N–C) groups is 1.